The van der Waals surface area contributed by atoms with Gasteiger partial charge < -0.3 is 0 Å². The Morgan fingerprint density at radius 2 is 1.81 bits per heavy atom. The van der Waals surface area contributed by atoms with Gasteiger partial charge in [-0.05, 0) is 45.2 Å². The molecule has 4 nitrogen and oxygen atoms in total. The molecule has 0 fully saturated rings. The first kappa shape index (κ1) is 17.2. The van der Waals surface area contributed by atoms with Crippen molar-refractivity contribution in [2.75, 3.05) is 0 Å². The third-order valence-electron chi connectivity index (χ3n) is 5.12. The van der Waals surface area contributed by atoms with Gasteiger partial charge in [-0.3, -0.25) is 9.56 Å². The molecule has 0 spiro atoms. The van der Waals surface area contributed by atoms with Crippen LogP contribution in [0.15, 0.2) is 29.3 Å². The van der Waals surface area contributed by atoms with Crippen molar-refractivity contribution in [3.63, 3.8) is 0 Å². The van der Waals surface area contributed by atoms with Crippen LogP contribution < -0.4 is 0 Å². The summed E-state index contributed by atoms with van der Waals surface area (Å²) in [4.78, 5) is 6.41. The van der Waals surface area contributed by atoms with Gasteiger partial charge >= 0.3 is 0 Å². The zero-order chi connectivity index (χ0) is 18.4. The lowest BCUT2D eigenvalue weighted by Gasteiger charge is -2.10. The molecule has 0 saturated heterocycles. The fraction of sp³-hybridized carbons (Fsp3) is 0.381. The second-order valence-electron chi connectivity index (χ2n) is 7.00. The van der Waals surface area contributed by atoms with Crippen LogP contribution in [0.2, 0.25) is 0 Å². The molecule has 2 aromatic heterocycles. The van der Waals surface area contributed by atoms with Crippen LogP contribution in [0, 0.1) is 20.8 Å². The van der Waals surface area contributed by atoms with Crippen LogP contribution in [-0.2, 0) is 6.42 Å². The molecule has 5 heteroatoms. The summed E-state index contributed by atoms with van der Waals surface area (Å²) in [6, 6.07) is 8.87. The van der Waals surface area contributed by atoms with E-state index in [9.17, 15) is 0 Å². The maximum atomic E-state index is 5.09. The van der Waals surface area contributed by atoms with E-state index in [-0.39, 0.29) is 6.04 Å². The number of fused-ring (bicyclic) bond motifs is 3. The Balaban J connectivity index is 1.93. The van der Waals surface area contributed by atoms with E-state index in [1.54, 1.807) is 11.3 Å². The Kier molecular flexibility index (Phi) is 4.27. The van der Waals surface area contributed by atoms with Crippen LogP contribution in [0.1, 0.15) is 65.1 Å². The number of benzene rings is 1. The highest BCUT2D eigenvalue weighted by Crippen LogP contribution is 2.38. The Morgan fingerprint density at radius 3 is 2.50 bits per heavy atom. The van der Waals surface area contributed by atoms with Gasteiger partial charge in [-0.15, -0.1) is 21.5 Å². The lowest BCUT2D eigenvalue weighted by molar-refractivity contribution is 0.724. The molecule has 1 aliphatic heterocycles. The van der Waals surface area contributed by atoms with Crippen molar-refractivity contribution in [1.29, 1.82) is 0 Å². The van der Waals surface area contributed by atoms with Crippen LogP contribution in [0.5, 0.6) is 0 Å². The molecule has 1 unspecified atom stereocenters. The summed E-state index contributed by atoms with van der Waals surface area (Å²) in [5.74, 6) is 1.84. The molecule has 0 N–H and O–H groups in total. The normalized spacial score (nSPS) is 16.0. The van der Waals surface area contributed by atoms with Crippen LogP contribution in [0.25, 0.3) is 5.00 Å². The van der Waals surface area contributed by atoms with E-state index in [0.29, 0.717) is 0 Å². The van der Waals surface area contributed by atoms with Crippen molar-refractivity contribution in [3.05, 3.63) is 63.0 Å². The molecule has 0 amide bonds. The van der Waals surface area contributed by atoms with Crippen molar-refractivity contribution in [2.45, 2.75) is 53.5 Å². The summed E-state index contributed by atoms with van der Waals surface area (Å²) < 4.78 is 2.19. The number of thiophene rings is 1. The number of rotatable bonds is 3. The van der Waals surface area contributed by atoms with Crippen LogP contribution in [0.4, 0.5) is 0 Å². The standard InChI is InChI=1S/C21H24N4S/c1-6-7-16-8-10-17(11-9-16)19-18-12(2)14(4)26-21(18)25-15(5)23-24-20(25)13(3)22-19/h8-11,13H,6-7H2,1-5H3. The number of hydrogen-bond donors (Lipinski definition) is 0. The van der Waals surface area contributed by atoms with Crippen molar-refractivity contribution >= 4 is 17.0 Å². The number of nitrogens with zero attached hydrogens (tertiary/aromatic N) is 4. The van der Waals surface area contributed by atoms with Gasteiger partial charge in [0, 0.05) is 16.0 Å². The Labute approximate surface area is 158 Å². The van der Waals surface area contributed by atoms with E-state index < -0.39 is 0 Å². The first-order chi connectivity index (χ1) is 12.5. The van der Waals surface area contributed by atoms with Gasteiger partial charge in [0.15, 0.2) is 5.82 Å². The fourth-order valence-electron chi connectivity index (χ4n) is 3.60. The molecule has 3 heterocycles. The Hall–Kier alpha value is -2.27. The molecular formula is C21H24N4S. The Bertz CT molecular complexity index is 992. The van der Waals surface area contributed by atoms with Crippen molar-refractivity contribution in [3.8, 4) is 5.00 Å². The SMILES string of the molecule is CCCc1ccc(C2=NC(C)c3nnc(C)n3-c3sc(C)c(C)c32)cc1. The molecule has 1 aromatic carbocycles. The van der Waals surface area contributed by atoms with E-state index in [1.807, 2.05) is 6.92 Å². The maximum Gasteiger partial charge on any atom is 0.162 e. The molecule has 1 atom stereocenters. The van der Waals surface area contributed by atoms with E-state index in [0.717, 1.165) is 30.2 Å². The number of aryl methyl sites for hydroxylation is 3. The predicted molar refractivity (Wildman–Crippen MR) is 108 cm³/mol. The molecule has 0 saturated carbocycles. The average molecular weight is 365 g/mol. The summed E-state index contributed by atoms with van der Waals surface area (Å²) >= 11 is 1.81. The summed E-state index contributed by atoms with van der Waals surface area (Å²) in [5, 5.41) is 9.92. The molecule has 26 heavy (non-hydrogen) atoms. The average Bonchev–Trinajstić information content (AvgIpc) is 3.10. The second-order valence-corrected chi connectivity index (χ2v) is 8.21. The minimum atomic E-state index is -0.0270. The molecule has 1 aliphatic rings. The lowest BCUT2D eigenvalue weighted by Crippen LogP contribution is -2.07. The topological polar surface area (TPSA) is 43.1 Å². The second kappa shape index (κ2) is 6.47. The fourth-order valence-corrected chi connectivity index (χ4v) is 4.81. The van der Waals surface area contributed by atoms with Gasteiger partial charge in [0.2, 0.25) is 0 Å². The summed E-state index contributed by atoms with van der Waals surface area (Å²) in [6.07, 6.45) is 2.28. The van der Waals surface area contributed by atoms with Gasteiger partial charge in [0.25, 0.3) is 0 Å². The van der Waals surface area contributed by atoms with Gasteiger partial charge in [-0.2, -0.15) is 0 Å². The molecule has 0 bridgehead atoms. The molecule has 3 aromatic rings. The van der Waals surface area contributed by atoms with Crippen LogP contribution in [-0.4, -0.2) is 20.5 Å². The highest BCUT2D eigenvalue weighted by atomic mass is 32.1. The van der Waals surface area contributed by atoms with Crippen LogP contribution >= 0.6 is 11.3 Å². The quantitative estimate of drug-likeness (QED) is 0.647. The minimum Gasteiger partial charge on any atom is -0.273 e. The number of aromatic nitrogens is 3. The van der Waals surface area contributed by atoms with E-state index >= 15 is 0 Å². The van der Waals surface area contributed by atoms with Gasteiger partial charge in [0.1, 0.15) is 16.9 Å². The van der Waals surface area contributed by atoms with Crippen molar-refractivity contribution in [2.24, 2.45) is 4.99 Å². The van der Waals surface area contributed by atoms with Crippen molar-refractivity contribution in [1.82, 2.24) is 14.8 Å². The molecule has 4 rings (SSSR count). The highest BCUT2D eigenvalue weighted by molar-refractivity contribution is 7.15. The van der Waals surface area contributed by atoms with Crippen molar-refractivity contribution < 1.29 is 0 Å². The first-order valence-electron chi connectivity index (χ1n) is 9.21. The molecule has 0 radical (unpaired) electrons. The molecular weight excluding hydrogens is 340 g/mol. The van der Waals surface area contributed by atoms with Gasteiger partial charge in [-0.1, -0.05) is 37.6 Å². The third-order valence-corrected chi connectivity index (χ3v) is 6.31. The lowest BCUT2D eigenvalue weighted by atomic mass is 9.98. The summed E-state index contributed by atoms with van der Waals surface area (Å²) in [5.41, 5.74) is 6.15. The smallest absolute Gasteiger partial charge is 0.162 e. The monoisotopic (exact) mass is 364 g/mol. The van der Waals surface area contributed by atoms with E-state index in [1.165, 1.54) is 32.1 Å². The number of hydrogen-bond acceptors (Lipinski definition) is 4. The zero-order valence-electron chi connectivity index (χ0n) is 16.0. The summed E-state index contributed by atoms with van der Waals surface area (Å²) in [7, 11) is 0. The molecule has 134 valence electrons. The Morgan fingerprint density at radius 1 is 1.08 bits per heavy atom. The number of aliphatic imine (C=N–C) groups is 1. The minimum absolute atomic E-state index is 0.0270. The van der Waals surface area contributed by atoms with E-state index in [4.69, 9.17) is 4.99 Å². The van der Waals surface area contributed by atoms with Gasteiger partial charge in [-0.25, -0.2) is 0 Å². The summed E-state index contributed by atoms with van der Waals surface area (Å²) in [6.45, 7) is 10.7. The highest BCUT2D eigenvalue weighted by Gasteiger charge is 2.29. The maximum absolute atomic E-state index is 5.09. The third kappa shape index (κ3) is 2.62. The van der Waals surface area contributed by atoms with Crippen LogP contribution in [0.3, 0.4) is 0 Å². The van der Waals surface area contributed by atoms with E-state index in [2.05, 4.69) is 66.7 Å². The predicted octanol–water partition coefficient (Wildman–Crippen LogP) is 5.12. The first-order valence-corrected chi connectivity index (χ1v) is 10.0. The largest absolute Gasteiger partial charge is 0.273 e. The zero-order valence-corrected chi connectivity index (χ0v) is 16.8. The molecule has 0 aliphatic carbocycles. The van der Waals surface area contributed by atoms with Gasteiger partial charge in [0.05, 0.1) is 5.71 Å².